The Morgan fingerprint density at radius 2 is 0.927 bits per heavy atom. The van der Waals surface area contributed by atoms with Crippen molar-refractivity contribution in [3.05, 3.63) is 115 Å². The van der Waals surface area contributed by atoms with Crippen LogP contribution in [0, 0.1) is 6.92 Å². The normalized spacial score (nSPS) is 11.6. The van der Waals surface area contributed by atoms with Gasteiger partial charge in [0.25, 0.3) is 0 Å². The summed E-state index contributed by atoms with van der Waals surface area (Å²) in [6.45, 7) is 14.9. The van der Waals surface area contributed by atoms with Crippen LogP contribution in [0.3, 0.4) is 0 Å². The zero-order chi connectivity index (χ0) is 30.2. The number of rotatable bonds is 11. The maximum atomic E-state index is 11.4. The van der Waals surface area contributed by atoms with Gasteiger partial charge in [-0.2, -0.15) is 6.42 Å². The first-order valence-corrected chi connectivity index (χ1v) is 15.1. The van der Waals surface area contributed by atoms with E-state index in [2.05, 4.69) is 38.1 Å². The van der Waals surface area contributed by atoms with Crippen LogP contribution in [0.15, 0.2) is 91.0 Å². The predicted octanol–water partition coefficient (Wildman–Crippen LogP) is 9.46. The molecule has 0 saturated heterocycles. The van der Waals surface area contributed by atoms with Gasteiger partial charge in [0.2, 0.25) is 0 Å². The van der Waals surface area contributed by atoms with Crippen LogP contribution in [-0.2, 0) is 31.8 Å². The minimum absolute atomic E-state index is 0. The second-order valence-electron chi connectivity index (χ2n) is 10.9. The molecule has 0 heterocycles. The van der Waals surface area contributed by atoms with Crippen molar-refractivity contribution in [1.29, 1.82) is 0 Å². The molecule has 0 spiro atoms. The van der Waals surface area contributed by atoms with Crippen LogP contribution in [0.2, 0.25) is 0 Å². The van der Waals surface area contributed by atoms with Gasteiger partial charge >= 0.3 is 0 Å². The summed E-state index contributed by atoms with van der Waals surface area (Å²) in [7, 11) is 0. The maximum Gasteiger partial charge on any atom is 0.0977 e. The second-order valence-corrected chi connectivity index (χ2v) is 10.9. The van der Waals surface area contributed by atoms with Crippen molar-refractivity contribution >= 4 is 0 Å². The van der Waals surface area contributed by atoms with E-state index < -0.39 is 5.60 Å². The average molecular weight is 641 g/mol. The molecule has 3 nitrogen and oxygen atoms in total. The molecule has 0 bridgehead atoms. The third-order valence-electron chi connectivity index (χ3n) is 6.04. The van der Waals surface area contributed by atoms with Gasteiger partial charge in [-0.05, 0) is 51.3 Å². The fourth-order valence-electron chi connectivity index (χ4n) is 4.21. The molecule has 3 aromatic carbocycles. The molecular formula is C37H57O3Zr-. The van der Waals surface area contributed by atoms with Gasteiger partial charge in [-0.1, -0.05) is 143 Å². The summed E-state index contributed by atoms with van der Waals surface area (Å²) < 4.78 is 0. The van der Waals surface area contributed by atoms with Gasteiger partial charge in [-0.3, -0.25) is 0 Å². The molecule has 0 fully saturated rings. The average Bonchev–Trinajstić information content (AvgIpc) is 2.92. The van der Waals surface area contributed by atoms with Crippen molar-refractivity contribution in [2.75, 3.05) is 0 Å². The Morgan fingerprint density at radius 3 is 1.27 bits per heavy atom. The van der Waals surface area contributed by atoms with E-state index in [0.717, 1.165) is 23.1 Å². The van der Waals surface area contributed by atoms with E-state index in [0.29, 0.717) is 0 Å². The van der Waals surface area contributed by atoms with E-state index in [1.54, 1.807) is 27.7 Å². The first-order valence-electron chi connectivity index (χ1n) is 15.1. The summed E-state index contributed by atoms with van der Waals surface area (Å²) in [5.74, 6) is -0.114. The van der Waals surface area contributed by atoms with Crippen molar-refractivity contribution in [2.24, 2.45) is 0 Å². The minimum atomic E-state index is -0.982. The van der Waals surface area contributed by atoms with Crippen LogP contribution >= 0.6 is 0 Å². The monoisotopic (exact) mass is 639 g/mol. The Bertz CT molecular complexity index is 869. The quantitative estimate of drug-likeness (QED) is 0.145. The van der Waals surface area contributed by atoms with Crippen LogP contribution in [-0.4, -0.2) is 27.5 Å². The van der Waals surface area contributed by atoms with Crippen LogP contribution < -0.4 is 0 Å². The van der Waals surface area contributed by atoms with Crippen LogP contribution in [0.4, 0.5) is 0 Å². The largest absolute Gasteiger partial charge is 0.394 e. The van der Waals surface area contributed by atoms with Gasteiger partial charge < -0.3 is 22.2 Å². The topological polar surface area (TPSA) is 60.7 Å². The van der Waals surface area contributed by atoms with Crippen molar-refractivity contribution in [1.82, 2.24) is 0 Å². The summed E-state index contributed by atoms with van der Waals surface area (Å²) in [6.07, 6.45) is 10.6. The number of benzene rings is 3. The van der Waals surface area contributed by atoms with Gasteiger partial charge in [-0.25, -0.2) is 0 Å². The first-order chi connectivity index (χ1) is 19.1. The smallest absolute Gasteiger partial charge is 0.0977 e. The molecule has 0 aliphatic rings. The van der Waals surface area contributed by atoms with Gasteiger partial charge in [0.05, 0.1) is 5.60 Å². The molecule has 4 heteroatoms. The minimum Gasteiger partial charge on any atom is -0.394 e. The van der Waals surface area contributed by atoms with Gasteiger partial charge in [0.15, 0.2) is 0 Å². The molecule has 0 amide bonds. The van der Waals surface area contributed by atoms with E-state index in [1.807, 2.05) is 73.7 Å². The van der Waals surface area contributed by atoms with E-state index in [-0.39, 0.29) is 44.3 Å². The van der Waals surface area contributed by atoms with Gasteiger partial charge in [0.1, 0.15) is 0 Å². The number of aliphatic hydroxyl groups excluding tert-OH is 2. The van der Waals surface area contributed by atoms with Crippen LogP contribution in [0.25, 0.3) is 0 Å². The van der Waals surface area contributed by atoms with E-state index in [1.165, 1.54) is 44.9 Å². The zero-order valence-corrected chi connectivity index (χ0v) is 29.1. The van der Waals surface area contributed by atoms with Crippen molar-refractivity contribution in [2.45, 2.75) is 117 Å². The predicted molar refractivity (Wildman–Crippen MR) is 173 cm³/mol. The zero-order valence-electron chi connectivity index (χ0n) is 26.6. The first kappa shape index (κ1) is 41.6. The van der Waals surface area contributed by atoms with Crippen molar-refractivity contribution in [3.63, 3.8) is 0 Å². The fraction of sp³-hybridized carbons (Fsp3) is 0.486. The molecule has 3 N–H and O–H groups in total. The Morgan fingerprint density at radius 1 is 0.610 bits per heavy atom. The van der Waals surface area contributed by atoms with E-state index >= 15 is 0 Å². The molecule has 0 radical (unpaired) electrons. The third kappa shape index (κ3) is 20.9. The van der Waals surface area contributed by atoms with Crippen LogP contribution in [0.5, 0.6) is 0 Å². The van der Waals surface area contributed by atoms with E-state index in [4.69, 9.17) is 10.2 Å². The van der Waals surface area contributed by atoms with Crippen molar-refractivity contribution in [3.8, 4) is 0 Å². The molecule has 41 heavy (non-hydrogen) atoms. The molecule has 1 atom stereocenters. The molecule has 3 rings (SSSR count). The molecule has 3 aromatic rings. The molecule has 1 unspecified atom stereocenters. The summed E-state index contributed by atoms with van der Waals surface area (Å²) in [4.78, 5) is 0. The Hall–Kier alpha value is -1.58. The second kappa shape index (κ2) is 26.1. The summed E-state index contributed by atoms with van der Waals surface area (Å²) >= 11 is 0. The molecule has 228 valence electrons. The number of aliphatic hydroxyl groups is 3. The fourth-order valence-corrected chi connectivity index (χ4v) is 4.21. The SMILES string of the molecule is CC(C)O.CC(C)O.CC(O)(c1ccccc1)C(c1ccccc1)c1ccccc1.[CH2-]CCCCCCCCC.[Zr]. The molecule has 0 saturated carbocycles. The number of hydrogen-bond acceptors (Lipinski definition) is 3. The summed E-state index contributed by atoms with van der Waals surface area (Å²) in [5, 5.41) is 27.5. The van der Waals surface area contributed by atoms with Crippen molar-refractivity contribution < 1.29 is 41.5 Å². The summed E-state index contributed by atoms with van der Waals surface area (Å²) in [5.41, 5.74) is 2.17. The Balaban J connectivity index is 0. The van der Waals surface area contributed by atoms with Crippen LogP contribution in [0.1, 0.15) is 116 Å². The third-order valence-corrected chi connectivity index (χ3v) is 6.04. The number of hydrogen-bond donors (Lipinski definition) is 3. The molecular weight excluding hydrogens is 584 g/mol. The maximum absolute atomic E-state index is 11.4. The van der Waals surface area contributed by atoms with Gasteiger partial charge in [0, 0.05) is 44.3 Å². The standard InChI is InChI=1S/C21H20O.C10H21.2C3H8O.Zr/c1-21(22,19-15-9-4-10-16-19)20(17-11-5-2-6-12-17)18-13-7-3-8-14-18;1-3-5-7-9-10-8-6-4-2;2*1-3(2)4;/h2-16,20,22H,1H3;1,3-10H2,2H3;2*3-4H,1-2H3;/q;-1;;;. The molecule has 0 aromatic heterocycles. The van der Waals surface area contributed by atoms with E-state index in [9.17, 15) is 5.11 Å². The number of unbranched alkanes of at least 4 members (excludes halogenated alkanes) is 7. The van der Waals surface area contributed by atoms with Gasteiger partial charge in [-0.15, -0.1) is 0 Å². The summed E-state index contributed by atoms with van der Waals surface area (Å²) in [6, 6.07) is 30.3. The Kier molecular flexibility index (Phi) is 26.4. The molecule has 0 aliphatic heterocycles. The Labute approximate surface area is 271 Å². The molecule has 0 aliphatic carbocycles.